The minimum absolute atomic E-state index is 0.0600. The molecule has 1 saturated heterocycles. The van der Waals surface area contributed by atoms with Crippen LogP contribution in [0.4, 0.5) is 5.13 Å². The van der Waals surface area contributed by atoms with Gasteiger partial charge in [0.1, 0.15) is 0 Å². The quantitative estimate of drug-likeness (QED) is 0.774. The van der Waals surface area contributed by atoms with Crippen LogP contribution in [0.2, 0.25) is 0 Å². The molecule has 2 heterocycles. The molecule has 0 spiro atoms. The van der Waals surface area contributed by atoms with Crippen LogP contribution in [0.5, 0.6) is 0 Å². The average Bonchev–Trinajstić information content (AvgIpc) is 2.74. The molecule has 0 amide bonds. The number of carbonyl (C=O) groups excluding carboxylic acids is 1. The van der Waals surface area contributed by atoms with Gasteiger partial charge in [0.25, 0.3) is 0 Å². The van der Waals surface area contributed by atoms with Crippen molar-refractivity contribution in [2.75, 3.05) is 29.5 Å². The summed E-state index contributed by atoms with van der Waals surface area (Å²) in [5.74, 6) is 2.31. The Hall–Kier alpha value is -0.550. The van der Waals surface area contributed by atoms with E-state index in [1.807, 2.05) is 11.8 Å². The van der Waals surface area contributed by atoms with Crippen molar-refractivity contribution in [3.05, 3.63) is 10.6 Å². The van der Waals surface area contributed by atoms with Crippen LogP contribution in [-0.2, 0) is 5.41 Å². The number of rotatable bonds is 2. The summed E-state index contributed by atoms with van der Waals surface area (Å²) in [5, 5.41) is 1.01. The monoisotopic (exact) mass is 270 g/mol. The summed E-state index contributed by atoms with van der Waals surface area (Å²) < 4.78 is 0. The molecule has 5 heteroatoms. The highest BCUT2D eigenvalue weighted by Crippen LogP contribution is 2.33. The maximum atomic E-state index is 11.1. The van der Waals surface area contributed by atoms with E-state index in [4.69, 9.17) is 0 Å². The topological polar surface area (TPSA) is 33.2 Å². The van der Waals surface area contributed by atoms with E-state index in [9.17, 15) is 4.79 Å². The molecular weight excluding hydrogens is 252 g/mol. The highest BCUT2D eigenvalue weighted by Gasteiger charge is 2.25. The summed E-state index contributed by atoms with van der Waals surface area (Å²) in [6.45, 7) is 8.39. The third-order valence-electron chi connectivity index (χ3n) is 2.74. The zero-order valence-electron chi connectivity index (χ0n) is 10.5. The van der Waals surface area contributed by atoms with Crippen molar-refractivity contribution < 1.29 is 4.79 Å². The zero-order valence-corrected chi connectivity index (χ0v) is 12.2. The first kappa shape index (κ1) is 12.9. The van der Waals surface area contributed by atoms with Gasteiger partial charge in [0, 0.05) is 30.0 Å². The molecule has 0 unspecified atom stereocenters. The molecule has 1 aliphatic rings. The van der Waals surface area contributed by atoms with E-state index in [0.29, 0.717) is 0 Å². The fraction of sp³-hybridized carbons (Fsp3) is 0.667. The highest BCUT2D eigenvalue weighted by molar-refractivity contribution is 7.99. The minimum Gasteiger partial charge on any atom is -0.346 e. The lowest BCUT2D eigenvalue weighted by Gasteiger charge is -2.25. The molecule has 0 aliphatic carbocycles. The fourth-order valence-corrected chi connectivity index (χ4v) is 3.87. The van der Waals surface area contributed by atoms with Gasteiger partial charge < -0.3 is 4.90 Å². The maximum Gasteiger partial charge on any atom is 0.186 e. The van der Waals surface area contributed by atoms with Crippen LogP contribution in [0.1, 0.15) is 36.1 Å². The molecule has 1 aliphatic heterocycles. The van der Waals surface area contributed by atoms with E-state index < -0.39 is 0 Å². The van der Waals surface area contributed by atoms with Crippen LogP contribution in [0.15, 0.2) is 0 Å². The molecule has 1 aromatic heterocycles. The van der Waals surface area contributed by atoms with Crippen LogP contribution in [-0.4, -0.2) is 35.9 Å². The second-order valence-corrected chi connectivity index (χ2v) is 7.41. The Kier molecular flexibility index (Phi) is 3.78. The van der Waals surface area contributed by atoms with E-state index in [-0.39, 0.29) is 5.41 Å². The van der Waals surface area contributed by atoms with Gasteiger partial charge in [0.2, 0.25) is 0 Å². The lowest BCUT2D eigenvalue weighted by Crippen LogP contribution is -2.32. The Labute approximate surface area is 111 Å². The number of aldehydes is 1. The molecule has 0 radical (unpaired) electrons. The van der Waals surface area contributed by atoms with Gasteiger partial charge in [-0.25, -0.2) is 4.98 Å². The number of hydrogen-bond donors (Lipinski definition) is 0. The number of thiazole rings is 1. The number of anilines is 1. The molecular formula is C12H18N2OS2. The number of carbonyl (C=O) groups is 1. The molecule has 1 aromatic rings. The predicted octanol–water partition coefficient (Wildman–Crippen LogP) is 2.81. The first-order valence-electron chi connectivity index (χ1n) is 5.81. The summed E-state index contributed by atoms with van der Waals surface area (Å²) in [6.07, 6.45) is 0.945. The third-order valence-corrected chi connectivity index (χ3v) is 4.73. The summed E-state index contributed by atoms with van der Waals surface area (Å²) in [5.41, 5.74) is 0.876. The van der Waals surface area contributed by atoms with Crippen molar-refractivity contribution in [3.63, 3.8) is 0 Å². The van der Waals surface area contributed by atoms with Crippen molar-refractivity contribution >= 4 is 34.5 Å². The predicted molar refractivity (Wildman–Crippen MR) is 75.7 cm³/mol. The second kappa shape index (κ2) is 4.98. The summed E-state index contributed by atoms with van der Waals surface area (Å²) >= 11 is 3.51. The van der Waals surface area contributed by atoms with E-state index in [0.717, 1.165) is 46.6 Å². The van der Waals surface area contributed by atoms with Crippen molar-refractivity contribution in [1.29, 1.82) is 0 Å². The van der Waals surface area contributed by atoms with Gasteiger partial charge in [-0.3, -0.25) is 4.79 Å². The minimum atomic E-state index is -0.0600. The second-order valence-electron chi connectivity index (χ2n) is 5.18. The lowest BCUT2D eigenvalue weighted by molar-refractivity contribution is 0.112. The van der Waals surface area contributed by atoms with Gasteiger partial charge in [-0.05, 0) is 0 Å². The number of nitrogens with zero attached hydrogens (tertiary/aromatic N) is 2. The van der Waals surface area contributed by atoms with Crippen molar-refractivity contribution in [1.82, 2.24) is 4.98 Å². The number of thioether (sulfide) groups is 1. The SMILES string of the molecule is CC(C)(C)c1nc(N2CCSCC2)sc1C=O. The van der Waals surface area contributed by atoms with E-state index in [2.05, 4.69) is 30.7 Å². The molecule has 0 N–H and O–H groups in total. The molecule has 0 aromatic carbocycles. The van der Waals surface area contributed by atoms with Crippen LogP contribution in [0, 0.1) is 0 Å². The van der Waals surface area contributed by atoms with Gasteiger partial charge in [0.05, 0.1) is 10.6 Å². The first-order chi connectivity index (χ1) is 8.02. The Balaban J connectivity index is 2.30. The molecule has 0 saturated carbocycles. The molecule has 1 fully saturated rings. The van der Waals surface area contributed by atoms with E-state index >= 15 is 0 Å². The molecule has 3 nitrogen and oxygen atoms in total. The van der Waals surface area contributed by atoms with E-state index in [1.165, 1.54) is 11.3 Å². The summed E-state index contributed by atoms with van der Waals surface area (Å²) in [6, 6.07) is 0. The summed E-state index contributed by atoms with van der Waals surface area (Å²) in [7, 11) is 0. The third kappa shape index (κ3) is 2.83. The van der Waals surface area contributed by atoms with Crippen LogP contribution in [0.25, 0.3) is 0 Å². The Morgan fingerprint density at radius 3 is 2.41 bits per heavy atom. The van der Waals surface area contributed by atoms with Gasteiger partial charge in [0.15, 0.2) is 11.4 Å². The molecule has 0 bridgehead atoms. The zero-order chi connectivity index (χ0) is 12.5. The van der Waals surface area contributed by atoms with Crippen LogP contribution in [0.3, 0.4) is 0 Å². The number of hydrogen-bond acceptors (Lipinski definition) is 5. The Bertz CT molecular complexity index is 403. The van der Waals surface area contributed by atoms with Gasteiger partial charge >= 0.3 is 0 Å². The van der Waals surface area contributed by atoms with Gasteiger partial charge in [-0.2, -0.15) is 11.8 Å². The van der Waals surface area contributed by atoms with Crippen LogP contribution >= 0.6 is 23.1 Å². The van der Waals surface area contributed by atoms with Crippen molar-refractivity contribution in [3.8, 4) is 0 Å². The molecule has 17 heavy (non-hydrogen) atoms. The largest absolute Gasteiger partial charge is 0.346 e. The maximum absolute atomic E-state index is 11.1. The Morgan fingerprint density at radius 1 is 1.29 bits per heavy atom. The summed E-state index contributed by atoms with van der Waals surface area (Å²) in [4.78, 5) is 18.9. The molecule has 0 atom stereocenters. The lowest BCUT2D eigenvalue weighted by atomic mass is 9.91. The van der Waals surface area contributed by atoms with Gasteiger partial charge in [-0.15, -0.1) is 0 Å². The average molecular weight is 270 g/mol. The van der Waals surface area contributed by atoms with E-state index in [1.54, 1.807) is 0 Å². The van der Waals surface area contributed by atoms with Crippen molar-refractivity contribution in [2.24, 2.45) is 0 Å². The standard InChI is InChI=1S/C12H18N2OS2/c1-12(2,3)10-9(8-15)17-11(13-10)14-4-6-16-7-5-14/h8H,4-7H2,1-3H3. The first-order valence-corrected chi connectivity index (χ1v) is 7.78. The Morgan fingerprint density at radius 2 is 1.94 bits per heavy atom. The highest BCUT2D eigenvalue weighted by atomic mass is 32.2. The van der Waals surface area contributed by atoms with Gasteiger partial charge in [-0.1, -0.05) is 32.1 Å². The van der Waals surface area contributed by atoms with Crippen LogP contribution < -0.4 is 4.90 Å². The fourth-order valence-electron chi connectivity index (χ4n) is 1.83. The number of aromatic nitrogens is 1. The molecule has 94 valence electrons. The molecule has 2 rings (SSSR count). The normalized spacial score (nSPS) is 17.2. The van der Waals surface area contributed by atoms with Crippen molar-refractivity contribution in [2.45, 2.75) is 26.2 Å². The smallest absolute Gasteiger partial charge is 0.186 e.